The van der Waals surface area contributed by atoms with Crippen molar-refractivity contribution in [1.82, 2.24) is 4.98 Å². The van der Waals surface area contributed by atoms with Crippen molar-refractivity contribution < 1.29 is 4.74 Å². The lowest BCUT2D eigenvalue weighted by atomic mass is 10.2. The monoisotopic (exact) mass is 248 g/mol. The molecule has 0 saturated heterocycles. The van der Waals surface area contributed by atoms with E-state index in [2.05, 4.69) is 17.2 Å². The van der Waals surface area contributed by atoms with Crippen LogP contribution in [0.15, 0.2) is 35.8 Å². The second-order valence-corrected chi connectivity index (χ2v) is 4.62. The highest BCUT2D eigenvalue weighted by Gasteiger charge is 2.07. The van der Waals surface area contributed by atoms with Crippen LogP contribution in [0.25, 0.3) is 0 Å². The molecule has 1 aromatic heterocycles. The topological polar surface area (TPSA) is 34.1 Å². The maximum absolute atomic E-state index is 5.40. The van der Waals surface area contributed by atoms with Gasteiger partial charge in [-0.3, -0.25) is 0 Å². The van der Waals surface area contributed by atoms with Crippen LogP contribution in [0.2, 0.25) is 0 Å². The Labute approximate surface area is 105 Å². The second-order valence-electron chi connectivity index (χ2n) is 3.69. The molecule has 90 valence electrons. The van der Waals surface area contributed by atoms with Crippen molar-refractivity contribution in [3.63, 3.8) is 0 Å². The van der Waals surface area contributed by atoms with E-state index in [1.54, 1.807) is 11.3 Å². The number of hydrogen-bond donors (Lipinski definition) is 1. The number of nitrogens with one attached hydrogen (secondary N) is 1. The zero-order valence-corrected chi connectivity index (χ0v) is 10.8. The molecular formula is C13H16N2OS. The third-order valence-corrected chi connectivity index (χ3v) is 3.33. The fourth-order valence-corrected chi connectivity index (χ4v) is 2.22. The van der Waals surface area contributed by atoms with Crippen molar-refractivity contribution in [3.05, 3.63) is 40.8 Å². The lowest BCUT2D eigenvalue weighted by Gasteiger charge is -2.13. The molecule has 1 aromatic carbocycles. The molecule has 2 aromatic rings. The van der Waals surface area contributed by atoms with Crippen molar-refractivity contribution in [3.8, 4) is 5.75 Å². The van der Waals surface area contributed by atoms with E-state index in [1.807, 2.05) is 42.8 Å². The summed E-state index contributed by atoms with van der Waals surface area (Å²) in [5.74, 6) is 0.903. The normalized spacial score (nSPS) is 12.1. The average Bonchev–Trinajstić information content (AvgIpc) is 2.86. The molecular weight excluding hydrogens is 232 g/mol. The quantitative estimate of drug-likeness (QED) is 0.875. The van der Waals surface area contributed by atoms with Crippen LogP contribution >= 0.6 is 11.3 Å². The number of thiazole rings is 1. The van der Waals surface area contributed by atoms with Gasteiger partial charge in [0.25, 0.3) is 0 Å². The summed E-state index contributed by atoms with van der Waals surface area (Å²) in [6.45, 7) is 4.79. The Morgan fingerprint density at radius 3 is 2.71 bits per heavy atom. The first-order chi connectivity index (χ1) is 8.29. The fourth-order valence-electron chi connectivity index (χ4n) is 1.57. The van der Waals surface area contributed by atoms with Gasteiger partial charge in [0, 0.05) is 17.3 Å². The summed E-state index contributed by atoms with van der Waals surface area (Å²) >= 11 is 1.66. The molecule has 0 aliphatic heterocycles. The Morgan fingerprint density at radius 1 is 1.35 bits per heavy atom. The standard InChI is InChI=1S/C13H16N2OS/c1-3-16-12-6-4-11(5-7-12)15-10(2)13-14-8-9-17-13/h4-10,15H,3H2,1-2H3. The number of ether oxygens (including phenoxy) is 1. The minimum absolute atomic E-state index is 0.230. The molecule has 3 nitrogen and oxygen atoms in total. The Kier molecular flexibility index (Phi) is 3.98. The van der Waals surface area contributed by atoms with Crippen LogP contribution in [0.4, 0.5) is 5.69 Å². The van der Waals surface area contributed by atoms with Gasteiger partial charge in [0.1, 0.15) is 10.8 Å². The van der Waals surface area contributed by atoms with E-state index in [4.69, 9.17) is 4.74 Å². The van der Waals surface area contributed by atoms with Crippen molar-refractivity contribution in [1.29, 1.82) is 0 Å². The largest absolute Gasteiger partial charge is 0.494 e. The van der Waals surface area contributed by atoms with Crippen molar-refractivity contribution in [2.45, 2.75) is 19.9 Å². The molecule has 1 N–H and O–H groups in total. The summed E-state index contributed by atoms with van der Waals surface area (Å²) in [4.78, 5) is 4.29. The predicted molar refractivity (Wildman–Crippen MR) is 71.8 cm³/mol. The van der Waals surface area contributed by atoms with Gasteiger partial charge in [-0.15, -0.1) is 11.3 Å². The van der Waals surface area contributed by atoms with Crippen LogP contribution in [-0.2, 0) is 0 Å². The number of rotatable bonds is 5. The van der Waals surface area contributed by atoms with E-state index in [1.165, 1.54) is 0 Å². The van der Waals surface area contributed by atoms with E-state index in [0.29, 0.717) is 6.61 Å². The highest BCUT2D eigenvalue weighted by Crippen LogP contribution is 2.22. The highest BCUT2D eigenvalue weighted by atomic mass is 32.1. The number of hydrogen-bond acceptors (Lipinski definition) is 4. The smallest absolute Gasteiger partial charge is 0.119 e. The molecule has 17 heavy (non-hydrogen) atoms. The second kappa shape index (κ2) is 5.68. The van der Waals surface area contributed by atoms with Crippen LogP contribution < -0.4 is 10.1 Å². The SMILES string of the molecule is CCOc1ccc(NC(C)c2nccs2)cc1. The van der Waals surface area contributed by atoms with Gasteiger partial charge in [-0.25, -0.2) is 4.98 Å². The van der Waals surface area contributed by atoms with Gasteiger partial charge in [-0.1, -0.05) is 0 Å². The van der Waals surface area contributed by atoms with Gasteiger partial charge < -0.3 is 10.1 Å². The van der Waals surface area contributed by atoms with Gasteiger partial charge in [0.05, 0.1) is 12.6 Å². The summed E-state index contributed by atoms with van der Waals surface area (Å²) in [7, 11) is 0. The molecule has 1 atom stereocenters. The Bertz CT molecular complexity index is 439. The molecule has 0 aliphatic carbocycles. The van der Waals surface area contributed by atoms with E-state index in [9.17, 15) is 0 Å². The van der Waals surface area contributed by atoms with Crippen molar-refractivity contribution in [2.24, 2.45) is 0 Å². The molecule has 0 fully saturated rings. The van der Waals surface area contributed by atoms with Gasteiger partial charge >= 0.3 is 0 Å². The lowest BCUT2D eigenvalue weighted by Crippen LogP contribution is -2.05. The fraction of sp³-hybridized carbons (Fsp3) is 0.308. The summed E-state index contributed by atoms with van der Waals surface area (Å²) in [6, 6.07) is 8.22. The highest BCUT2D eigenvalue weighted by molar-refractivity contribution is 7.09. The molecule has 1 heterocycles. The summed E-state index contributed by atoms with van der Waals surface area (Å²) < 4.78 is 5.40. The zero-order valence-electron chi connectivity index (χ0n) is 10.0. The molecule has 0 radical (unpaired) electrons. The minimum Gasteiger partial charge on any atom is -0.494 e. The van der Waals surface area contributed by atoms with Gasteiger partial charge in [0.15, 0.2) is 0 Å². The van der Waals surface area contributed by atoms with Gasteiger partial charge in [0.2, 0.25) is 0 Å². The Morgan fingerprint density at radius 2 is 2.12 bits per heavy atom. The molecule has 1 unspecified atom stereocenters. The van der Waals surface area contributed by atoms with Crippen molar-refractivity contribution in [2.75, 3.05) is 11.9 Å². The number of aromatic nitrogens is 1. The molecule has 0 amide bonds. The molecule has 2 rings (SSSR count). The number of benzene rings is 1. The van der Waals surface area contributed by atoms with E-state index < -0.39 is 0 Å². The van der Waals surface area contributed by atoms with E-state index in [-0.39, 0.29) is 6.04 Å². The Balaban J connectivity index is 1.99. The molecule has 0 aliphatic rings. The first-order valence-corrected chi connectivity index (χ1v) is 6.56. The Hall–Kier alpha value is -1.55. The summed E-state index contributed by atoms with van der Waals surface area (Å²) in [6.07, 6.45) is 1.83. The minimum atomic E-state index is 0.230. The molecule has 4 heteroatoms. The van der Waals surface area contributed by atoms with Gasteiger partial charge in [-0.05, 0) is 38.1 Å². The number of nitrogens with zero attached hydrogens (tertiary/aromatic N) is 1. The average molecular weight is 248 g/mol. The maximum atomic E-state index is 5.40. The molecule has 0 spiro atoms. The predicted octanol–water partition coefficient (Wildman–Crippen LogP) is 3.71. The van der Waals surface area contributed by atoms with Crippen LogP contribution in [0.1, 0.15) is 24.9 Å². The molecule has 0 bridgehead atoms. The van der Waals surface area contributed by atoms with Crippen LogP contribution in [-0.4, -0.2) is 11.6 Å². The summed E-state index contributed by atoms with van der Waals surface area (Å²) in [5, 5.41) is 6.49. The molecule has 0 saturated carbocycles. The third kappa shape index (κ3) is 3.20. The van der Waals surface area contributed by atoms with Gasteiger partial charge in [-0.2, -0.15) is 0 Å². The van der Waals surface area contributed by atoms with E-state index in [0.717, 1.165) is 16.4 Å². The first-order valence-electron chi connectivity index (χ1n) is 5.68. The maximum Gasteiger partial charge on any atom is 0.119 e. The van der Waals surface area contributed by atoms with Crippen LogP contribution in [0, 0.1) is 0 Å². The van der Waals surface area contributed by atoms with Crippen LogP contribution in [0.5, 0.6) is 5.75 Å². The van der Waals surface area contributed by atoms with Crippen LogP contribution in [0.3, 0.4) is 0 Å². The lowest BCUT2D eigenvalue weighted by molar-refractivity contribution is 0.340. The number of anilines is 1. The first kappa shape index (κ1) is 11.9. The zero-order chi connectivity index (χ0) is 12.1. The third-order valence-electron chi connectivity index (χ3n) is 2.37. The van der Waals surface area contributed by atoms with Crippen molar-refractivity contribution >= 4 is 17.0 Å². The summed E-state index contributed by atoms with van der Waals surface area (Å²) in [5.41, 5.74) is 1.08. The van der Waals surface area contributed by atoms with E-state index >= 15 is 0 Å².